The van der Waals surface area contributed by atoms with E-state index in [1.165, 1.54) is 37.0 Å². The number of pyridine rings is 3. The first-order valence-corrected chi connectivity index (χ1v) is 28.6. The number of imidazole rings is 3. The number of nitrogens with zero attached hydrogens (tertiary/aromatic N) is 9. The minimum Gasteiger partial charge on any atom is -0.406 e. The van der Waals surface area contributed by atoms with Gasteiger partial charge in [-0.05, 0) is 179 Å². The second kappa shape index (κ2) is 24.4. The first-order chi connectivity index (χ1) is 40.4. The van der Waals surface area contributed by atoms with Crippen LogP contribution in [0.5, 0.6) is 5.75 Å². The van der Waals surface area contributed by atoms with Gasteiger partial charge >= 0.3 is 6.36 Å². The molecule has 3 amide bonds. The van der Waals surface area contributed by atoms with Crippen molar-refractivity contribution in [2.24, 2.45) is 0 Å². The molecule has 9 aromatic rings. The summed E-state index contributed by atoms with van der Waals surface area (Å²) in [5.74, 6) is -0.223. The molecule has 0 saturated heterocycles. The van der Waals surface area contributed by atoms with Gasteiger partial charge in [0.2, 0.25) is 35.6 Å². The van der Waals surface area contributed by atoms with Gasteiger partial charge in [-0.2, -0.15) is 0 Å². The lowest BCUT2D eigenvalue weighted by molar-refractivity contribution is -0.274. The highest BCUT2D eigenvalue weighted by atomic mass is 19.4. The third-order valence-electron chi connectivity index (χ3n) is 15.4. The van der Waals surface area contributed by atoms with Crippen LogP contribution in [-0.2, 0) is 31.1 Å². The lowest BCUT2D eigenvalue weighted by Gasteiger charge is -2.40. The fourth-order valence-corrected chi connectivity index (χ4v) is 10.5. The Balaban J connectivity index is 0.000000154. The normalized spacial score (nSPS) is 15.4. The number of halogens is 3. The molecule has 2 fully saturated rings. The van der Waals surface area contributed by atoms with Crippen LogP contribution < -0.4 is 20.7 Å². The Bertz CT molecular complexity index is 3930. The number of carbonyl (C=O) groups excluding carboxylic acids is 3. The molecule has 2 atom stereocenters. The van der Waals surface area contributed by atoms with E-state index in [2.05, 4.69) is 62.1 Å². The summed E-state index contributed by atoms with van der Waals surface area (Å²) in [4.78, 5) is 65.1. The van der Waals surface area contributed by atoms with Gasteiger partial charge in [0.1, 0.15) is 22.3 Å². The molecule has 2 aliphatic carbocycles. The van der Waals surface area contributed by atoms with Crippen LogP contribution in [0.3, 0.4) is 0 Å². The fraction of sp³-hybridized carbons (Fsp3) is 0.391. The highest BCUT2D eigenvalue weighted by molar-refractivity contribution is 5.94. The standard InChI is InChI=1S/C23H28N4O2.C22H26N4O2.C19H19F3N4O3/c1-15-6-9-17(10-7-15)23(4,29)14-19(28)26-21-25-18-11-8-16(2)24-20(18)27(21)22(3)12-5-13-22;1-14-7-9-16(10-8-14)22(3,28)12-19(27)25-21-24-18-11-15(2)13-23-20(18)26(21)17-5-4-6-17;1-11-4-9-14-16(23-11)26(17(24-14)25-15(27)10-18(2,3)28)12-5-7-13(8-6-12)29-19(20,21)22/h6-11,29H,5,12-14H2,1-4H3,(H,25,26,28);7-11,13,17,28H,4-6,12H2,1-3H3,(H,24,25,27);4-9,28H,10H2,1-3H3,(H,24,25,27)/t23-;22-;/m00./s1. The summed E-state index contributed by atoms with van der Waals surface area (Å²) in [7, 11) is 0. The topological polar surface area (TPSA) is 249 Å². The van der Waals surface area contributed by atoms with E-state index in [4.69, 9.17) is 0 Å². The van der Waals surface area contributed by atoms with Crippen molar-refractivity contribution in [1.82, 2.24) is 43.6 Å². The SMILES string of the molecule is Cc1ccc([C@@](C)(O)CC(=O)Nc2nc3cc(C)cnc3n2C2CCC2)cc1.Cc1ccc([C@@](C)(O)CC(=O)Nc2nc3ccc(C)nc3n2C2(C)CCC2)cc1.Cc1ccc2nc(NC(=O)CC(C)(C)O)n(-c3ccc(OC(F)(F)F)cc3)c2n1. The van der Waals surface area contributed by atoms with Crippen molar-refractivity contribution in [2.45, 2.75) is 162 Å². The molecule has 0 bridgehead atoms. The van der Waals surface area contributed by atoms with Gasteiger partial charge in [0.15, 0.2) is 16.9 Å². The van der Waals surface area contributed by atoms with Crippen LogP contribution in [0, 0.1) is 34.6 Å². The van der Waals surface area contributed by atoms with Gasteiger partial charge in [0.05, 0.1) is 41.8 Å². The molecule has 0 unspecified atom stereocenters. The zero-order valence-corrected chi connectivity index (χ0v) is 50.0. The first-order valence-electron chi connectivity index (χ1n) is 28.6. The molecule has 86 heavy (non-hydrogen) atoms. The average Bonchev–Trinajstić information content (AvgIpc) is 1.71. The lowest BCUT2D eigenvalue weighted by atomic mass is 9.78. The lowest BCUT2D eigenvalue weighted by Crippen LogP contribution is -2.39. The number of hydrogen-bond acceptors (Lipinski definition) is 13. The van der Waals surface area contributed by atoms with Crippen LogP contribution in [0.4, 0.5) is 31.0 Å². The molecule has 452 valence electrons. The van der Waals surface area contributed by atoms with Crippen LogP contribution in [0.2, 0.25) is 0 Å². The summed E-state index contributed by atoms with van der Waals surface area (Å²) >= 11 is 0. The molecule has 11 rings (SSSR count). The van der Waals surface area contributed by atoms with Crippen molar-refractivity contribution in [3.63, 3.8) is 0 Å². The molecule has 3 aromatic carbocycles. The highest BCUT2D eigenvalue weighted by Gasteiger charge is 2.39. The molecule has 19 nitrogen and oxygen atoms in total. The van der Waals surface area contributed by atoms with E-state index in [-0.39, 0.29) is 48.3 Å². The van der Waals surface area contributed by atoms with Gasteiger partial charge < -0.3 is 20.1 Å². The van der Waals surface area contributed by atoms with Gasteiger partial charge in [-0.1, -0.05) is 59.7 Å². The molecule has 6 aromatic heterocycles. The van der Waals surface area contributed by atoms with Crippen LogP contribution >= 0.6 is 0 Å². The smallest absolute Gasteiger partial charge is 0.406 e. The molecule has 0 spiro atoms. The second-order valence-corrected chi connectivity index (χ2v) is 24.0. The van der Waals surface area contributed by atoms with Crippen molar-refractivity contribution in [3.05, 3.63) is 149 Å². The summed E-state index contributed by atoms with van der Waals surface area (Å²) < 4.78 is 46.7. The summed E-state index contributed by atoms with van der Waals surface area (Å²) in [6, 6.07) is 29.9. The minimum atomic E-state index is -4.79. The monoisotopic (exact) mass is 1180 g/mol. The minimum absolute atomic E-state index is 0.0452. The number of ether oxygens (including phenoxy) is 1. The van der Waals surface area contributed by atoms with Crippen LogP contribution in [-0.4, -0.2) is 88.6 Å². The Morgan fingerprint density at radius 3 is 1.57 bits per heavy atom. The fourth-order valence-electron chi connectivity index (χ4n) is 10.5. The molecule has 2 saturated carbocycles. The Morgan fingerprint density at radius 2 is 1.07 bits per heavy atom. The van der Waals surface area contributed by atoms with E-state index in [0.717, 1.165) is 100 Å². The number of aromatic nitrogens is 9. The summed E-state index contributed by atoms with van der Waals surface area (Å²) in [5, 5.41) is 40.1. The molecule has 2 aliphatic rings. The van der Waals surface area contributed by atoms with Gasteiger partial charge in [-0.15, -0.1) is 13.2 Å². The van der Waals surface area contributed by atoms with E-state index in [0.29, 0.717) is 40.5 Å². The maximum absolute atomic E-state index is 12.9. The van der Waals surface area contributed by atoms with Gasteiger partial charge in [-0.25, -0.2) is 29.9 Å². The number of hydrogen-bond donors (Lipinski definition) is 6. The highest BCUT2D eigenvalue weighted by Crippen LogP contribution is 2.43. The number of amides is 3. The van der Waals surface area contributed by atoms with E-state index in [1.54, 1.807) is 32.9 Å². The maximum atomic E-state index is 12.9. The van der Waals surface area contributed by atoms with Gasteiger partial charge in [-0.3, -0.25) is 44.0 Å². The van der Waals surface area contributed by atoms with E-state index in [9.17, 15) is 42.9 Å². The Labute approximate surface area is 496 Å². The number of nitrogens with one attached hydrogen (secondary N) is 3. The summed E-state index contributed by atoms with van der Waals surface area (Å²) in [5.41, 5.74) is 6.98. The molecule has 6 heterocycles. The third kappa shape index (κ3) is 14.7. The van der Waals surface area contributed by atoms with E-state index >= 15 is 0 Å². The summed E-state index contributed by atoms with van der Waals surface area (Å²) in [6.07, 6.45) is 3.26. The van der Waals surface area contributed by atoms with Crippen molar-refractivity contribution < 1.29 is 47.6 Å². The van der Waals surface area contributed by atoms with Crippen molar-refractivity contribution >= 4 is 69.1 Å². The van der Waals surface area contributed by atoms with Crippen LogP contribution in [0.1, 0.15) is 138 Å². The Morgan fingerprint density at radius 1 is 0.581 bits per heavy atom. The zero-order chi connectivity index (χ0) is 62.1. The number of benzene rings is 3. The van der Waals surface area contributed by atoms with Crippen LogP contribution in [0.15, 0.2) is 109 Å². The number of fused-ring (bicyclic) bond motifs is 3. The molecular formula is C64H73F3N12O7. The molecule has 22 heteroatoms. The number of aryl methyl sites for hydroxylation is 5. The largest absolute Gasteiger partial charge is 0.573 e. The second-order valence-electron chi connectivity index (χ2n) is 24.0. The van der Waals surface area contributed by atoms with Gasteiger partial charge in [0, 0.05) is 29.2 Å². The van der Waals surface area contributed by atoms with Crippen molar-refractivity contribution in [2.75, 3.05) is 16.0 Å². The Kier molecular flexibility index (Phi) is 17.6. The maximum Gasteiger partial charge on any atom is 0.573 e. The molecule has 0 radical (unpaired) electrons. The third-order valence-corrected chi connectivity index (χ3v) is 15.4. The Hall–Kier alpha value is -8.60. The number of aliphatic hydroxyl groups is 3. The average molecular weight is 1180 g/mol. The predicted molar refractivity (Wildman–Crippen MR) is 323 cm³/mol. The summed E-state index contributed by atoms with van der Waals surface area (Å²) in [6.45, 7) is 18.2. The zero-order valence-electron chi connectivity index (χ0n) is 50.0. The number of alkyl halides is 3. The van der Waals surface area contributed by atoms with E-state index in [1.807, 2.05) is 105 Å². The van der Waals surface area contributed by atoms with E-state index < -0.39 is 29.1 Å². The predicted octanol–water partition coefficient (Wildman–Crippen LogP) is 11.9. The molecule has 0 aliphatic heterocycles. The number of rotatable bonds is 15. The van der Waals surface area contributed by atoms with Crippen molar-refractivity contribution in [3.8, 4) is 11.4 Å². The number of anilines is 3. The van der Waals surface area contributed by atoms with Crippen molar-refractivity contribution in [1.29, 1.82) is 0 Å². The number of carbonyl (C=O) groups is 3. The molecule has 6 N–H and O–H groups in total. The first kappa shape index (κ1) is 61.9. The van der Waals surface area contributed by atoms with Gasteiger partial charge in [0.25, 0.3) is 0 Å². The quantitative estimate of drug-likeness (QED) is 0.0560. The molecular weight excluding hydrogens is 1110 g/mol. The van der Waals surface area contributed by atoms with Crippen LogP contribution in [0.25, 0.3) is 39.2 Å².